The number of ether oxygens (including phenoxy) is 1. The molecule has 1 unspecified atom stereocenters. The van der Waals surface area contributed by atoms with E-state index in [2.05, 4.69) is 15.6 Å². The highest BCUT2D eigenvalue weighted by molar-refractivity contribution is 6.01. The number of allylic oxidation sites excluding steroid dienone is 2. The van der Waals surface area contributed by atoms with Gasteiger partial charge in [0.2, 0.25) is 0 Å². The number of rotatable bonds is 5. The minimum absolute atomic E-state index is 0.104. The van der Waals surface area contributed by atoms with Gasteiger partial charge in [-0.15, -0.1) is 0 Å². The lowest BCUT2D eigenvalue weighted by Gasteiger charge is -2.28. The molecule has 2 N–H and O–H groups in total. The third-order valence-electron chi connectivity index (χ3n) is 4.30. The number of nitrogens with one attached hydrogen (secondary N) is 1. The molecule has 9 nitrogen and oxygen atoms in total. The number of carboxylic acids is 1. The van der Waals surface area contributed by atoms with Crippen LogP contribution in [0.4, 0.5) is 0 Å². The van der Waals surface area contributed by atoms with Gasteiger partial charge in [-0.05, 0) is 34.8 Å². The van der Waals surface area contributed by atoms with Crippen molar-refractivity contribution in [3.63, 3.8) is 0 Å². The van der Waals surface area contributed by atoms with Crippen molar-refractivity contribution in [2.24, 2.45) is 5.92 Å². The number of aliphatic carboxylic acids is 1. The predicted octanol–water partition coefficient (Wildman–Crippen LogP) is 2.25. The molecule has 0 saturated heterocycles. The number of hydrogen-bond acceptors (Lipinski definition) is 8. The molecule has 0 amide bonds. The normalized spacial score (nSPS) is 16.9. The Bertz CT molecular complexity index is 1060. The number of nitriles is 1. The Morgan fingerprint density at radius 1 is 1.36 bits per heavy atom. The van der Waals surface area contributed by atoms with Gasteiger partial charge in [-0.1, -0.05) is 26.0 Å². The molecule has 2 aromatic rings. The van der Waals surface area contributed by atoms with E-state index in [9.17, 15) is 20.0 Å². The van der Waals surface area contributed by atoms with Crippen LogP contribution in [-0.2, 0) is 14.3 Å². The van der Waals surface area contributed by atoms with Crippen molar-refractivity contribution in [2.75, 3.05) is 6.61 Å². The largest absolute Gasteiger partial charge is 0.478 e. The average molecular weight is 382 g/mol. The van der Waals surface area contributed by atoms with Crippen molar-refractivity contribution in [1.29, 1.82) is 5.26 Å². The van der Waals surface area contributed by atoms with Gasteiger partial charge in [0.05, 0.1) is 23.7 Å². The Morgan fingerprint density at radius 2 is 2.11 bits per heavy atom. The number of nitrogens with zero attached hydrogens (tertiary/aromatic N) is 3. The van der Waals surface area contributed by atoms with Crippen molar-refractivity contribution in [3.8, 4) is 6.07 Å². The summed E-state index contributed by atoms with van der Waals surface area (Å²) >= 11 is 0. The van der Waals surface area contributed by atoms with Gasteiger partial charge in [0, 0.05) is 5.70 Å². The minimum Gasteiger partial charge on any atom is -0.478 e. The second kappa shape index (κ2) is 7.52. The third kappa shape index (κ3) is 3.32. The second-order valence-electron chi connectivity index (χ2n) is 6.77. The van der Waals surface area contributed by atoms with E-state index in [0.29, 0.717) is 22.3 Å². The van der Waals surface area contributed by atoms with Gasteiger partial charge < -0.3 is 15.2 Å². The Labute approximate surface area is 160 Å². The summed E-state index contributed by atoms with van der Waals surface area (Å²) in [4.78, 5) is 24.9. The van der Waals surface area contributed by atoms with Gasteiger partial charge in [-0.2, -0.15) is 5.26 Å². The molecule has 0 radical (unpaired) electrons. The van der Waals surface area contributed by atoms with Crippen LogP contribution < -0.4 is 5.32 Å². The zero-order chi connectivity index (χ0) is 20.4. The fraction of sp³-hybridized carbons (Fsp3) is 0.316. The predicted molar refractivity (Wildman–Crippen MR) is 96.5 cm³/mol. The van der Waals surface area contributed by atoms with Crippen LogP contribution in [0.1, 0.15) is 32.3 Å². The molecule has 0 spiro atoms. The van der Waals surface area contributed by atoms with Gasteiger partial charge in [0.15, 0.2) is 0 Å². The SMILES string of the molecule is CC1=C(C(=O)OCC(C)C)C(c2cccc3nonc23)C(C(=O)O)=C(C#N)N1. The van der Waals surface area contributed by atoms with E-state index in [4.69, 9.17) is 9.37 Å². The molecular weight excluding hydrogens is 364 g/mol. The summed E-state index contributed by atoms with van der Waals surface area (Å²) in [7, 11) is 0. The molecule has 1 aromatic heterocycles. The maximum Gasteiger partial charge on any atom is 0.336 e. The maximum absolute atomic E-state index is 12.9. The number of benzene rings is 1. The fourth-order valence-electron chi connectivity index (χ4n) is 3.11. The highest BCUT2D eigenvalue weighted by Crippen LogP contribution is 2.40. The molecule has 0 saturated carbocycles. The number of esters is 1. The molecule has 1 atom stereocenters. The molecule has 0 bridgehead atoms. The molecule has 0 fully saturated rings. The van der Waals surface area contributed by atoms with Gasteiger partial charge in [0.25, 0.3) is 0 Å². The molecule has 0 aliphatic carbocycles. The van der Waals surface area contributed by atoms with E-state index in [1.807, 2.05) is 19.9 Å². The van der Waals surface area contributed by atoms with E-state index < -0.39 is 17.9 Å². The lowest BCUT2D eigenvalue weighted by molar-refractivity contribution is -0.140. The second-order valence-corrected chi connectivity index (χ2v) is 6.77. The smallest absolute Gasteiger partial charge is 0.336 e. The van der Waals surface area contributed by atoms with E-state index in [0.717, 1.165) is 0 Å². The van der Waals surface area contributed by atoms with Crippen LogP contribution in [0.15, 0.2) is 45.4 Å². The summed E-state index contributed by atoms with van der Waals surface area (Å²) in [6.45, 7) is 5.55. The molecule has 1 aliphatic rings. The number of hydrogen-bond donors (Lipinski definition) is 2. The number of carbonyl (C=O) groups is 2. The number of dihydropyridines is 1. The monoisotopic (exact) mass is 382 g/mol. The first-order chi connectivity index (χ1) is 13.3. The van der Waals surface area contributed by atoms with Crippen LogP contribution in [0, 0.1) is 17.2 Å². The number of carboxylic acid groups (broad SMARTS) is 1. The summed E-state index contributed by atoms with van der Waals surface area (Å²) in [5, 5.41) is 29.6. The summed E-state index contributed by atoms with van der Waals surface area (Å²) < 4.78 is 10.1. The van der Waals surface area contributed by atoms with Gasteiger partial charge in [-0.25, -0.2) is 14.2 Å². The first-order valence-electron chi connectivity index (χ1n) is 8.58. The van der Waals surface area contributed by atoms with Gasteiger partial charge in [0.1, 0.15) is 22.8 Å². The van der Waals surface area contributed by atoms with Gasteiger partial charge >= 0.3 is 11.9 Å². The third-order valence-corrected chi connectivity index (χ3v) is 4.30. The Kier molecular flexibility index (Phi) is 5.13. The first-order valence-corrected chi connectivity index (χ1v) is 8.58. The van der Waals surface area contributed by atoms with E-state index in [1.165, 1.54) is 0 Å². The summed E-state index contributed by atoms with van der Waals surface area (Å²) in [5.41, 5.74) is 1.14. The van der Waals surface area contributed by atoms with Crippen molar-refractivity contribution in [1.82, 2.24) is 15.6 Å². The van der Waals surface area contributed by atoms with Crippen LogP contribution >= 0.6 is 0 Å². The Balaban J connectivity index is 2.23. The van der Waals surface area contributed by atoms with Crippen molar-refractivity contribution in [2.45, 2.75) is 26.7 Å². The molecule has 1 aromatic carbocycles. The van der Waals surface area contributed by atoms with E-state index >= 15 is 0 Å². The summed E-state index contributed by atoms with van der Waals surface area (Å²) in [5.74, 6) is -2.95. The Hall–Kier alpha value is -3.67. The number of carbonyl (C=O) groups excluding carboxylic acids is 1. The van der Waals surface area contributed by atoms with E-state index in [-0.39, 0.29) is 29.4 Å². The molecule has 3 rings (SSSR count). The van der Waals surface area contributed by atoms with Crippen molar-refractivity contribution >= 4 is 23.0 Å². The quantitative estimate of drug-likeness (QED) is 0.745. The number of fused-ring (bicyclic) bond motifs is 1. The standard InChI is InChI=1S/C19H18N4O5/c1-9(2)8-27-19(26)14-10(3)21-13(7-20)16(18(24)25)15(14)11-5-4-6-12-17(11)23-28-22-12/h4-6,9,15,21H,8H2,1-3H3,(H,24,25). The average Bonchev–Trinajstić information content (AvgIpc) is 3.13. The fourth-order valence-corrected chi connectivity index (χ4v) is 3.11. The molecular formula is C19H18N4O5. The minimum atomic E-state index is -1.33. The van der Waals surface area contributed by atoms with Crippen LogP contribution in [-0.4, -0.2) is 34.0 Å². The highest BCUT2D eigenvalue weighted by atomic mass is 16.6. The first kappa shape index (κ1) is 19.1. The van der Waals surface area contributed by atoms with Gasteiger partial charge in [-0.3, -0.25) is 0 Å². The molecule has 144 valence electrons. The highest BCUT2D eigenvalue weighted by Gasteiger charge is 2.40. The van der Waals surface area contributed by atoms with Crippen molar-refractivity contribution in [3.05, 3.63) is 46.3 Å². The summed E-state index contributed by atoms with van der Waals surface area (Å²) in [6, 6.07) is 6.79. The van der Waals surface area contributed by atoms with Crippen LogP contribution in [0.3, 0.4) is 0 Å². The molecule has 2 heterocycles. The lowest BCUT2D eigenvalue weighted by Crippen LogP contribution is -2.32. The molecule has 9 heteroatoms. The van der Waals surface area contributed by atoms with Crippen molar-refractivity contribution < 1.29 is 24.1 Å². The van der Waals surface area contributed by atoms with Crippen LogP contribution in [0.5, 0.6) is 0 Å². The van der Waals surface area contributed by atoms with E-state index in [1.54, 1.807) is 25.1 Å². The zero-order valence-corrected chi connectivity index (χ0v) is 15.5. The maximum atomic E-state index is 12.9. The Morgan fingerprint density at radius 3 is 2.75 bits per heavy atom. The topological polar surface area (TPSA) is 138 Å². The lowest BCUT2D eigenvalue weighted by atomic mass is 9.80. The van der Waals surface area contributed by atoms with Crippen LogP contribution in [0.2, 0.25) is 0 Å². The zero-order valence-electron chi connectivity index (χ0n) is 15.5. The summed E-state index contributed by atoms with van der Waals surface area (Å²) in [6.07, 6.45) is 0. The van der Waals surface area contributed by atoms with Crippen LogP contribution in [0.25, 0.3) is 11.0 Å². The number of aromatic nitrogens is 2. The molecule has 1 aliphatic heterocycles. The molecule has 28 heavy (non-hydrogen) atoms.